The monoisotopic (exact) mass is 266 g/mol. The fraction of sp³-hybridized carbons (Fsp3) is 0.500. The van der Waals surface area contributed by atoms with E-state index in [0.717, 1.165) is 42.5 Å². The Kier molecular flexibility index (Phi) is 5.44. The van der Waals surface area contributed by atoms with Gasteiger partial charge in [0, 0.05) is 37.8 Å². The maximum Gasteiger partial charge on any atom is 0.233 e. The van der Waals surface area contributed by atoms with Crippen molar-refractivity contribution >= 4 is 17.5 Å². The summed E-state index contributed by atoms with van der Waals surface area (Å²) in [4.78, 5) is 8.41. The Labute approximate surface area is 111 Å². The molecule has 0 saturated carbocycles. The molecule has 0 bridgehead atoms. The summed E-state index contributed by atoms with van der Waals surface area (Å²) < 4.78 is 1.99. The molecule has 6 heteroatoms. The molecule has 0 aliphatic rings. The predicted octanol–water partition coefficient (Wildman–Crippen LogP) is 0.934. The molecule has 2 aromatic rings. The van der Waals surface area contributed by atoms with Gasteiger partial charge in [-0.25, -0.2) is 9.97 Å². The van der Waals surface area contributed by atoms with Crippen molar-refractivity contribution in [1.29, 1.82) is 0 Å². The topological polar surface area (TPSA) is 62.5 Å². The van der Waals surface area contributed by atoms with Gasteiger partial charge in [0.05, 0.1) is 11.9 Å². The molecule has 0 aliphatic heterocycles. The molecule has 18 heavy (non-hydrogen) atoms. The van der Waals surface area contributed by atoms with Crippen molar-refractivity contribution in [2.24, 2.45) is 0 Å². The van der Waals surface area contributed by atoms with Crippen molar-refractivity contribution in [2.75, 3.05) is 24.7 Å². The number of rotatable bonds is 8. The lowest BCUT2D eigenvalue weighted by molar-refractivity contribution is 0.296. The number of fused-ring (bicyclic) bond motifs is 1. The number of hydrogen-bond donors (Lipinski definition) is 2. The summed E-state index contributed by atoms with van der Waals surface area (Å²) in [5, 5.41) is 12.0. The Hall–Kier alpha value is -1.11. The Balaban J connectivity index is 1.70. The number of aromatic nitrogens is 3. The van der Waals surface area contributed by atoms with Crippen LogP contribution in [0.15, 0.2) is 24.7 Å². The quantitative estimate of drug-likeness (QED) is 0.696. The molecule has 98 valence electrons. The van der Waals surface area contributed by atoms with E-state index in [1.54, 1.807) is 6.20 Å². The van der Waals surface area contributed by atoms with Crippen LogP contribution in [0.1, 0.15) is 12.1 Å². The van der Waals surface area contributed by atoms with Crippen molar-refractivity contribution < 1.29 is 5.11 Å². The Bertz CT molecular complexity index is 474. The third-order valence-electron chi connectivity index (χ3n) is 2.54. The first-order valence-electron chi connectivity index (χ1n) is 6.08. The number of imidazole rings is 1. The molecule has 5 nitrogen and oxygen atoms in total. The van der Waals surface area contributed by atoms with E-state index in [1.807, 2.05) is 34.6 Å². The predicted molar refractivity (Wildman–Crippen MR) is 73.7 cm³/mol. The fourth-order valence-corrected chi connectivity index (χ4v) is 2.46. The van der Waals surface area contributed by atoms with Crippen LogP contribution in [0.2, 0.25) is 0 Å². The standard InChI is InChI=1S/C12H18N4OS/c17-6-2-7-18-8-4-13-9-11-10-15-12-14-3-1-5-16(11)12/h1,3,5,10,13,17H,2,4,6-9H2. The molecule has 0 saturated heterocycles. The largest absolute Gasteiger partial charge is 0.396 e. The van der Waals surface area contributed by atoms with Crippen LogP contribution in [-0.4, -0.2) is 44.1 Å². The molecule has 0 radical (unpaired) electrons. The zero-order chi connectivity index (χ0) is 12.6. The van der Waals surface area contributed by atoms with Gasteiger partial charge in [-0.3, -0.25) is 4.40 Å². The first-order valence-corrected chi connectivity index (χ1v) is 7.23. The van der Waals surface area contributed by atoms with Gasteiger partial charge in [-0.15, -0.1) is 0 Å². The van der Waals surface area contributed by atoms with Gasteiger partial charge in [-0.1, -0.05) is 0 Å². The second-order valence-corrected chi connectivity index (χ2v) is 5.13. The van der Waals surface area contributed by atoms with Gasteiger partial charge in [0.2, 0.25) is 5.78 Å². The summed E-state index contributed by atoms with van der Waals surface area (Å²) in [6.07, 6.45) is 6.46. The van der Waals surface area contributed by atoms with Gasteiger partial charge in [0.15, 0.2) is 0 Å². The van der Waals surface area contributed by atoms with E-state index < -0.39 is 0 Å². The molecule has 2 heterocycles. The van der Waals surface area contributed by atoms with Crippen molar-refractivity contribution in [1.82, 2.24) is 19.7 Å². The van der Waals surface area contributed by atoms with E-state index in [1.165, 1.54) is 0 Å². The Morgan fingerprint density at radius 1 is 1.33 bits per heavy atom. The number of thioether (sulfide) groups is 1. The minimum Gasteiger partial charge on any atom is -0.396 e. The molecule has 2 rings (SSSR count). The van der Waals surface area contributed by atoms with Crippen LogP contribution in [-0.2, 0) is 6.54 Å². The maximum atomic E-state index is 8.65. The molecule has 2 N–H and O–H groups in total. The highest BCUT2D eigenvalue weighted by Gasteiger charge is 2.01. The van der Waals surface area contributed by atoms with Gasteiger partial charge < -0.3 is 10.4 Å². The van der Waals surface area contributed by atoms with Crippen LogP contribution in [0.4, 0.5) is 0 Å². The third kappa shape index (κ3) is 3.69. The normalized spacial score (nSPS) is 11.2. The van der Waals surface area contributed by atoms with Crippen molar-refractivity contribution in [3.63, 3.8) is 0 Å². The third-order valence-corrected chi connectivity index (χ3v) is 3.61. The summed E-state index contributed by atoms with van der Waals surface area (Å²) >= 11 is 1.86. The summed E-state index contributed by atoms with van der Waals surface area (Å²) in [5.41, 5.74) is 1.12. The SMILES string of the molecule is OCCCSCCNCc1cnc2ncccn12. The van der Waals surface area contributed by atoms with Gasteiger partial charge in [0.25, 0.3) is 0 Å². The van der Waals surface area contributed by atoms with Crippen molar-refractivity contribution in [2.45, 2.75) is 13.0 Å². The molecule has 0 amide bonds. The molecule has 0 fully saturated rings. The zero-order valence-corrected chi connectivity index (χ0v) is 11.1. The van der Waals surface area contributed by atoms with Crippen molar-refractivity contribution in [3.05, 3.63) is 30.4 Å². The Morgan fingerprint density at radius 3 is 3.17 bits per heavy atom. The van der Waals surface area contributed by atoms with Crippen molar-refractivity contribution in [3.8, 4) is 0 Å². The smallest absolute Gasteiger partial charge is 0.233 e. The van der Waals surface area contributed by atoms with Gasteiger partial charge in [-0.05, 0) is 18.2 Å². The minimum absolute atomic E-state index is 0.287. The van der Waals surface area contributed by atoms with E-state index in [0.29, 0.717) is 0 Å². The number of aliphatic hydroxyl groups excluding tert-OH is 1. The van der Waals surface area contributed by atoms with E-state index in [9.17, 15) is 0 Å². The molecule has 0 aliphatic carbocycles. The molecule has 2 aromatic heterocycles. The van der Waals surface area contributed by atoms with E-state index in [2.05, 4.69) is 15.3 Å². The lowest BCUT2D eigenvalue weighted by atomic mass is 10.4. The van der Waals surface area contributed by atoms with Crippen LogP contribution < -0.4 is 5.32 Å². The van der Waals surface area contributed by atoms with Crippen LogP contribution in [0.5, 0.6) is 0 Å². The highest BCUT2D eigenvalue weighted by atomic mass is 32.2. The van der Waals surface area contributed by atoms with Crippen LogP contribution >= 0.6 is 11.8 Å². The number of nitrogens with zero attached hydrogens (tertiary/aromatic N) is 3. The minimum atomic E-state index is 0.287. The zero-order valence-electron chi connectivity index (χ0n) is 10.2. The lowest BCUT2D eigenvalue weighted by Crippen LogP contribution is -2.17. The van der Waals surface area contributed by atoms with Gasteiger partial charge >= 0.3 is 0 Å². The maximum absolute atomic E-state index is 8.65. The van der Waals surface area contributed by atoms with Gasteiger partial charge in [0.1, 0.15) is 0 Å². The second kappa shape index (κ2) is 7.35. The molecular formula is C12H18N4OS. The number of aliphatic hydroxyl groups is 1. The van der Waals surface area contributed by atoms with Gasteiger partial charge in [-0.2, -0.15) is 11.8 Å². The summed E-state index contributed by atoms with van der Waals surface area (Å²) in [7, 11) is 0. The summed E-state index contributed by atoms with van der Waals surface area (Å²) in [5.74, 6) is 2.83. The first kappa shape index (κ1) is 13.3. The molecule has 0 atom stereocenters. The second-order valence-electron chi connectivity index (χ2n) is 3.91. The molecule has 0 aromatic carbocycles. The average molecular weight is 266 g/mol. The van der Waals surface area contributed by atoms with Crippen LogP contribution in [0.3, 0.4) is 0 Å². The van der Waals surface area contributed by atoms with Crippen LogP contribution in [0, 0.1) is 0 Å². The van der Waals surface area contributed by atoms with E-state index in [4.69, 9.17) is 5.11 Å². The summed E-state index contributed by atoms with van der Waals surface area (Å²) in [6, 6.07) is 1.91. The average Bonchev–Trinajstić information content (AvgIpc) is 2.81. The van der Waals surface area contributed by atoms with E-state index in [-0.39, 0.29) is 6.61 Å². The van der Waals surface area contributed by atoms with E-state index >= 15 is 0 Å². The molecule has 0 unspecified atom stereocenters. The number of hydrogen-bond acceptors (Lipinski definition) is 5. The fourth-order valence-electron chi connectivity index (χ4n) is 1.64. The highest BCUT2D eigenvalue weighted by Crippen LogP contribution is 2.03. The Morgan fingerprint density at radius 2 is 2.28 bits per heavy atom. The van der Waals surface area contributed by atoms with Crippen LogP contribution in [0.25, 0.3) is 5.78 Å². The number of nitrogens with one attached hydrogen (secondary N) is 1. The first-order chi connectivity index (χ1) is 8.92. The highest BCUT2D eigenvalue weighted by molar-refractivity contribution is 7.99. The molecule has 0 spiro atoms. The molecular weight excluding hydrogens is 248 g/mol. The lowest BCUT2D eigenvalue weighted by Gasteiger charge is -2.04. The summed E-state index contributed by atoms with van der Waals surface area (Å²) in [6.45, 7) is 2.05.